The number of carbonyl (C=O) groups excluding carboxylic acids is 2. The summed E-state index contributed by atoms with van der Waals surface area (Å²) in [4.78, 5) is 24.8. The maximum absolute atomic E-state index is 14.0. The number of hydrogen-bond acceptors (Lipinski definition) is 9. The molecular weight excluding hydrogens is 600 g/mol. The molecule has 2 heterocycles. The highest BCUT2D eigenvalue weighted by Gasteiger charge is 2.44. The number of rotatable bonds is 16. The van der Waals surface area contributed by atoms with Crippen LogP contribution in [0.4, 0.5) is 4.79 Å². The number of nitrogens with one attached hydrogen (secondary N) is 1. The van der Waals surface area contributed by atoms with Gasteiger partial charge in [-0.25, -0.2) is 13.2 Å². The topological polar surface area (TPSA) is 141 Å². The lowest BCUT2D eigenvalue weighted by Crippen LogP contribution is -2.52. The number of ether oxygens (including phenoxy) is 4. The monoisotopic (exact) mass is 646 g/mol. The first-order valence-corrected chi connectivity index (χ1v) is 16.9. The van der Waals surface area contributed by atoms with Crippen molar-refractivity contribution >= 4 is 21.9 Å². The van der Waals surface area contributed by atoms with Crippen LogP contribution in [0.1, 0.15) is 52.0 Å². The van der Waals surface area contributed by atoms with Crippen molar-refractivity contribution in [2.45, 2.75) is 82.3 Å². The minimum atomic E-state index is -4.08. The predicted octanol–water partition coefficient (Wildman–Crippen LogP) is 3.93. The number of aliphatic hydroxyl groups excluding tert-OH is 1. The average Bonchev–Trinajstić information content (AvgIpc) is 3.62. The summed E-state index contributed by atoms with van der Waals surface area (Å²) in [5.74, 6) is 0.535. The molecule has 4 rings (SSSR count). The number of sulfonamides is 1. The van der Waals surface area contributed by atoms with Crippen LogP contribution in [0.2, 0.25) is 0 Å². The maximum Gasteiger partial charge on any atom is 0.407 e. The summed E-state index contributed by atoms with van der Waals surface area (Å²) in [6.45, 7) is 5.98. The Labute approximate surface area is 266 Å². The molecule has 12 heteroatoms. The summed E-state index contributed by atoms with van der Waals surface area (Å²) < 4.78 is 51.4. The number of hydrogen-bond donors (Lipinski definition) is 2. The number of benzene rings is 2. The SMILES string of the molecule is COc1ccc(S(=O)(=O)N(CC(O)[C@H](Cc2ccccc2)NC(=O)OC2COC3OCCC23)CC(C)(C)CCCC(C)=O)cc1. The van der Waals surface area contributed by atoms with Crippen LogP contribution in [0.15, 0.2) is 59.5 Å². The van der Waals surface area contributed by atoms with Crippen LogP contribution in [-0.2, 0) is 35.4 Å². The minimum absolute atomic E-state index is 0.0522. The smallest absolute Gasteiger partial charge is 0.407 e. The third-order valence-corrected chi connectivity index (χ3v) is 10.2. The van der Waals surface area contributed by atoms with Gasteiger partial charge in [0.2, 0.25) is 10.0 Å². The van der Waals surface area contributed by atoms with Crippen LogP contribution in [0, 0.1) is 11.3 Å². The van der Waals surface area contributed by atoms with Crippen LogP contribution in [0.5, 0.6) is 5.75 Å². The van der Waals surface area contributed by atoms with Gasteiger partial charge in [-0.15, -0.1) is 0 Å². The van der Waals surface area contributed by atoms with Crippen molar-refractivity contribution < 1.29 is 42.1 Å². The lowest BCUT2D eigenvalue weighted by molar-refractivity contribution is -0.117. The van der Waals surface area contributed by atoms with Crippen molar-refractivity contribution in [2.24, 2.45) is 11.3 Å². The number of Topliss-reactive ketones (excluding diaryl/α,β-unsaturated/α-hetero) is 1. The Morgan fingerprint density at radius 3 is 2.49 bits per heavy atom. The Bertz CT molecular complexity index is 1370. The normalized spacial score (nSPS) is 21.2. The van der Waals surface area contributed by atoms with E-state index in [1.165, 1.54) is 30.5 Å². The highest BCUT2D eigenvalue weighted by Crippen LogP contribution is 2.33. The van der Waals surface area contributed by atoms with Gasteiger partial charge in [-0.3, -0.25) is 0 Å². The molecule has 2 aliphatic heterocycles. The van der Waals surface area contributed by atoms with E-state index >= 15 is 0 Å². The van der Waals surface area contributed by atoms with E-state index in [-0.39, 0.29) is 49.0 Å². The second-order valence-corrected chi connectivity index (χ2v) is 14.6. The average molecular weight is 647 g/mol. The number of nitrogens with zero attached hydrogens (tertiary/aromatic N) is 1. The highest BCUT2D eigenvalue weighted by atomic mass is 32.2. The van der Waals surface area contributed by atoms with Crippen molar-refractivity contribution in [2.75, 3.05) is 33.4 Å². The van der Waals surface area contributed by atoms with E-state index in [9.17, 15) is 23.1 Å². The number of amides is 1. The van der Waals surface area contributed by atoms with Crippen molar-refractivity contribution in [3.8, 4) is 5.75 Å². The summed E-state index contributed by atoms with van der Waals surface area (Å²) >= 11 is 0. The molecule has 0 radical (unpaired) electrons. The Hall–Kier alpha value is -3.03. The molecule has 5 atom stereocenters. The van der Waals surface area contributed by atoms with Gasteiger partial charge in [-0.2, -0.15) is 4.31 Å². The number of carbonyl (C=O) groups is 2. The van der Waals surface area contributed by atoms with Gasteiger partial charge in [0.25, 0.3) is 0 Å². The highest BCUT2D eigenvalue weighted by molar-refractivity contribution is 7.89. The van der Waals surface area contributed by atoms with Crippen LogP contribution in [-0.4, -0.2) is 87.7 Å². The first kappa shape index (κ1) is 34.8. The zero-order chi connectivity index (χ0) is 32.6. The van der Waals surface area contributed by atoms with Crippen molar-refractivity contribution in [1.82, 2.24) is 9.62 Å². The van der Waals surface area contributed by atoms with Crippen molar-refractivity contribution in [1.29, 1.82) is 0 Å². The largest absolute Gasteiger partial charge is 0.497 e. The fourth-order valence-corrected chi connectivity index (χ4v) is 7.52. The fraction of sp³-hybridized carbons (Fsp3) is 0.576. The molecule has 2 N–H and O–H groups in total. The lowest BCUT2D eigenvalue weighted by Gasteiger charge is -2.35. The molecule has 0 aliphatic carbocycles. The molecule has 2 aromatic rings. The van der Waals surface area contributed by atoms with Gasteiger partial charge in [0, 0.05) is 19.5 Å². The molecule has 2 fully saturated rings. The quantitative estimate of drug-likeness (QED) is 0.278. The van der Waals surface area contributed by atoms with Gasteiger partial charge >= 0.3 is 6.09 Å². The first-order valence-electron chi connectivity index (χ1n) is 15.4. The van der Waals surface area contributed by atoms with E-state index in [1.54, 1.807) is 12.1 Å². The number of methoxy groups -OCH3 is 1. The number of ketones is 1. The molecule has 0 aromatic heterocycles. The molecule has 2 aromatic carbocycles. The Balaban J connectivity index is 1.56. The zero-order valence-corrected chi connectivity index (χ0v) is 27.3. The second-order valence-electron chi connectivity index (χ2n) is 12.7. The molecule has 11 nitrogen and oxygen atoms in total. The van der Waals surface area contributed by atoms with E-state index in [0.717, 1.165) is 12.0 Å². The number of alkyl carbamates (subject to hydrolysis) is 1. The standard InChI is InChI=1S/C33H46N2O9S/c1-23(36)9-8-17-33(2,3)22-35(45(39,40)26-14-12-25(41-4)13-15-26)20-29(37)28(19-24-10-6-5-7-11-24)34-32(38)44-30-21-43-31-27(30)16-18-42-31/h5-7,10-15,27-31,37H,8-9,16-22H2,1-4H3,(H,34,38)/t27?,28-,29?,30?,31?/m0/s1. The molecule has 0 saturated carbocycles. The van der Waals surface area contributed by atoms with Crippen molar-refractivity contribution in [3.63, 3.8) is 0 Å². The van der Waals surface area contributed by atoms with Crippen LogP contribution in [0.3, 0.4) is 0 Å². The second kappa shape index (κ2) is 15.5. The van der Waals surface area contributed by atoms with Gasteiger partial charge in [-0.1, -0.05) is 44.2 Å². The Morgan fingerprint density at radius 2 is 1.82 bits per heavy atom. The third-order valence-electron chi connectivity index (χ3n) is 8.38. The van der Waals surface area contributed by atoms with Gasteiger partial charge in [-0.05, 0) is 67.9 Å². The molecule has 0 bridgehead atoms. The summed E-state index contributed by atoms with van der Waals surface area (Å²) in [7, 11) is -2.58. The molecule has 2 aliphatic rings. The van der Waals surface area contributed by atoms with Gasteiger partial charge in [0.15, 0.2) is 6.29 Å². The van der Waals surface area contributed by atoms with E-state index in [1.807, 2.05) is 44.2 Å². The van der Waals surface area contributed by atoms with Crippen LogP contribution in [0.25, 0.3) is 0 Å². The van der Waals surface area contributed by atoms with Gasteiger partial charge in [0.1, 0.15) is 17.6 Å². The summed E-state index contributed by atoms with van der Waals surface area (Å²) in [6, 6.07) is 14.6. The van der Waals surface area contributed by atoms with E-state index in [0.29, 0.717) is 31.6 Å². The Kier molecular flexibility index (Phi) is 12.0. The maximum atomic E-state index is 14.0. The van der Waals surface area contributed by atoms with E-state index in [2.05, 4.69) is 5.32 Å². The molecule has 2 saturated heterocycles. The molecular formula is C33H46N2O9S. The summed E-state index contributed by atoms with van der Waals surface area (Å²) in [5, 5.41) is 14.5. The molecule has 45 heavy (non-hydrogen) atoms. The molecule has 1 amide bonds. The van der Waals surface area contributed by atoms with Crippen LogP contribution >= 0.6 is 0 Å². The molecule has 0 spiro atoms. The zero-order valence-electron chi connectivity index (χ0n) is 26.5. The predicted molar refractivity (Wildman–Crippen MR) is 167 cm³/mol. The van der Waals surface area contributed by atoms with E-state index < -0.39 is 39.8 Å². The fourth-order valence-electron chi connectivity index (χ4n) is 5.87. The van der Waals surface area contributed by atoms with Crippen LogP contribution < -0.4 is 10.1 Å². The summed E-state index contributed by atoms with van der Waals surface area (Å²) in [5.41, 5.74) is 0.336. The number of aliphatic hydroxyl groups is 1. The van der Waals surface area contributed by atoms with Crippen molar-refractivity contribution in [3.05, 3.63) is 60.2 Å². The first-order chi connectivity index (χ1) is 21.4. The molecule has 4 unspecified atom stereocenters. The van der Waals surface area contributed by atoms with E-state index in [4.69, 9.17) is 18.9 Å². The molecule has 248 valence electrons. The van der Waals surface area contributed by atoms with Gasteiger partial charge in [0.05, 0.1) is 43.3 Å². The minimum Gasteiger partial charge on any atom is -0.497 e. The number of fused-ring (bicyclic) bond motifs is 1. The third kappa shape index (κ3) is 9.73. The lowest BCUT2D eigenvalue weighted by atomic mass is 9.86. The Morgan fingerprint density at radius 1 is 1.11 bits per heavy atom. The summed E-state index contributed by atoms with van der Waals surface area (Å²) in [6.07, 6.45) is -0.286. The van der Waals surface area contributed by atoms with Gasteiger partial charge < -0.3 is 34.2 Å².